The average Bonchev–Trinajstić information content (AvgIpc) is 2.36. The Bertz CT molecular complexity index is 489. The van der Waals surface area contributed by atoms with Crippen molar-refractivity contribution in [2.24, 2.45) is 5.73 Å². The Morgan fingerprint density at radius 2 is 1.50 bits per heavy atom. The Kier molecular flexibility index (Phi) is 5.80. The summed E-state index contributed by atoms with van der Waals surface area (Å²) in [4.78, 5) is 11.7. The van der Waals surface area contributed by atoms with Crippen LogP contribution in [0.2, 0.25) is 0 Å². The fourth-order valence-electron chi connectivity index (χ4n) is 2.25. The van der Waals surface area contributed by atoms with Crippen LogP contribution in [0, 0.1) is 0 Å². The van der Waals surface area contributed by atoms with Crippen molar-refractivity contribution in [1.29, 1.82) is 0 Å². The smallest absolute Gasteiger partial charge is 0.307 e. The average molecular weight is 305 g/mol. The second-order valence-corrected chi connectivity index (χ2v) is 7.96. The van der Waals surface area contributed by atoms with E-state index in [0.717, 1.165) is 5.56 Å². The summed E-state index contributed by atoms with van der Waals surface area (Å²) in [5.41, 5.74) is 9.83. The van der Waals surface area contributed by atoms with Crippen LogP contribution in [-0.4, -0.2) is 12.6 Å². The monoisotopic (exact) mass is 305 g/mol. The number of rotatable bonds is 4. The second kappa shape index (κ2) is 6.82. The van der Waals surface area contributed by atoms with E-state index in [-0.39, 0.29) is 29.3 Å². The summed E-state index contributed by atoms with van der Waals surface area (Å²) in [6, 6.07) is 6.17. The first kappa shape index (κ1) is 18.7. The lowest BCUT2D eigenvalue weighted by molar-refractivity contribution is -0.143. The molecule has 0 saturated carbocycles. The zero-order chi connectivity index (χ0) is 17.1. The van der Waals surface area contributed by atoms with Gasteiger partial charge < -0.3 is 10.5 Å². The second-order valence-electron chi connectivity index (χ2n) is 7.96. The molecule has 22 heavy (non-hydrogen) atoms. The van der Waals surface area contributed by atoms with Gasteiger partial charge in [0.1, 0.15) is 0 Å². The predicted molar refractivity (Wildman–Crippen MR) is 92.0 cm³/mol. The number of nitrogens with two attached hydrogens (primary N) is 1. The third-order valence-corrected chi connectivity index (χ3v) is 3.81. The van der Waals surface area contributed by atoms with E-state index in [1.165, 1.54) is 11.1 Å². The van der Waals surface area contributed by atoms with Gasteiger partial charge in [-0.3, -0.25) is 4.79 Å². The fraction of sp³-hybridized carbons (Fsp3) is 0.632. The van der Waals surface area contributed by atoms with Crippen LogP contribution >= 0.6 is 0 Å². The van der Waals surface area contributed by atoms with Crippen LogP contribution < -0.4 is 5.73 Å². The van der Waals surface area contributed by atoms with Crippen LogP contribution in [0.4, 0.5) is 0 Å². The summed E-state index contributed by atoms with van der Waals surface area (Å²) < 4.78 is 5.01. The summed E-state index contributed by atoms with van der Waals surface area (Å²) in [5, 5.41) is 0. The molecule has 0 aliphatic rings. The molecule has 0 fully saturated rings. The van der Waals surface area contributed by atoms with Gasteiger partial charge in [0.15, 0.2) is 0 Å². The van der Waals surface area contributed by atoms with Gasteiger partial charge in [0.05, 0.1) is 13.0 Å². The van der Waals surface area contributed by atoms with Crippen LogP contribution in [-0.2, 0) is 20.4 Å². The zero-order valence-electron chi connectivity index (χ0n) is 15.1. The normalized spacial score (nSPS) is 13.8. The molecule has 0 heterocycles. The van der Waals surface area contributed by atoms with Crippen molar-refractivity contribution in [2.75, 3.05) is 6.61 Å². The Hall–Kier alpha value is -1.35. The number of hydrogen-bond acceptors (Lipinski definition) is 3. The predicted octanol–water partition coefficient (Wildman–Crippen LogP) is 4.23. The summed E-state index contributed by atoms with van der Waals surface area (Å²) >= 11 is 0. The Labute approximate surface area is 135 Å². The first-order valence-electron chi connectivity index (χ1n) is 8.02. The summed E-state index contributed by atoms with van der Waals surface area (Å²) in [6.07, 6.45) is 0.213. The van der Waals surface area contributed by atoms with Gasteiger partial charge in [-0.2, -0.15) is 0 Å². The van der Waals surface area contributed by atoms with E-state index in [4.69, 9.17) is 10.5 Å². The standard InChI is InChI=1S/C19H31NO2/c1-8-22-17(21)12-16(20)13-9-14(18(2,3)4)11-15(10-13)19(5,6)7/h9-11,16H,8,12,20H2,1-7H3/t16-/m0/s1. The SMILES string of the molecule is CCOC(=O)C[C@H](N)c1cc(C(C)(C)C)cc(C(C)(C)C)c1. The molecule has 1 atom stereocenters. The molecular formula is C19H31NO2. The molecule has 0 spiro atoms. The van der Waals surface area contributed by atoms with Crippen molar-refractivity contribution in [1.82, 2.24) is 0 Å². The van der Waals surface area contributed by atoms with Crippen molar-refractivity contribution in [3.05, 3.63) is 34.9 Å². The van der Waals surface area contributed by atoms with Gasteiger partial charge in [0.2, 0.25) is 0 Å². The quantitative estimate of drug-likeness (QED) is 0.847. The number of esters is 1. The minimum atomic E-state index is -0.331. The minimum absolute atomic E-state index is 0.0413. The van der Waals surface area contributed by atoms with Gasteiger partial charge in [-0.25, -0.2) is 0 Å². The molecule has 0 unspecified atom stereocenters. The molecule has 0 aromatic heterocycles. The third kappa shape index (κ3) is 5.13. The third-order valence-electron chi connectivity index (χ3n) is 3.81. The van der Waals surface area contributed by atoms with Crippen molar-refractivity contribution < 1.29 is 9.53 Å². The number of ether oxygens (including phenoxy) is 1. The van der Waals surface area contributed by atoms with E-state index in [2.05, 4.69) is 59.7 Å². The van der Waals surface area contributed by atoms with Crippen LogP contribution in [0.25, 0.3) is 0 Å². The number of benzene rings is 1. The van der Waals surface area contributed by atoms with Gasteiger partial charge in [-0.15, -0.1) is 0 Å². The highest BCUT2D eigenvalue weighted by Gasteiger charge is 2.22. The molecule has 3 nitrogen and oxygen atoms in total. The van der Waals surface area contributed by atoms with Crippen molar-refractivity contribution in [3.8, 4) is 0 Å². The molecule has 1 aromatic rings. The topological polar surface area (TPSA) is 52.3 Å². The molecule has 0 amide bonds. The minimum Gasteiger partial charge on any atom is -0.466 e. The lowest BCUT2D eigenvalue weighted by atomic mass is 9.78. The fourth-order valence-corrected chi connectivity index (χ4v) is 2.25. The van der Waals surface area contributed by atoms with Crippen LogP contribution in [0.5, 0.6) is 0 Å². The van der Waals surface area contributed by atoms with Crippen LogP contribution in [0.1, 0.15) is 77.6 Å². The number of hydrogen-bond donors (Lipinski definition) is 1. The molecule has 1 rings (SSSR count). The highest BCUT2D eigenvalue weighted by Crippen LogP contribution is 2.32. The maximum Gasteiger partial charge on any atom is 0.307 e. The molecular weight excluding hydrogens is 274 g/mol. The molecule has 2 N–H and O–H groups in total. The Morgan fingerprint density at radius 1 is 1.05 bits per heavy atom. The highest BCUT2D eigenvalue weighted by atomic mass is 16.5. The van der Waals surface area contributed by atoms with Crippen LogP contribution in [0.3, 0.4) is 0 Å². The summed E-state index contributed by atoms with van der Waals surface area (Å²) in [5.74, 6) is -0.242. The van der Waals surface area contributed by atoms with E-state index in [0.29, 0.717) is 6.61 Å². The number of carbonyl (C=O) groups is 1. The lowest BCUT2D eigenvalue weighted by Gasteiger charge is -2.27. The number of carbonyl (C=O) groups excluding carboxylic acids is 1. The molecule has 0 radical (unpaired) electrons. The van der Waals surface area contributed by atoms with Gasteiger partial charge >= 0.3 is 5.97 Å². The Balaban J connectivity index is 3.21. The molecule has 0 bridgehead atoms. The van der Waals surface area contributed by atoms with Crippen molar-refractivity contribution in [3.63, 3.8) is 0 Å². The van der Waals surface area contributed by atoms with Crippen molar-refractivity contribution in [2.45, 2.75) is 71.8 Å². The van der Waals surface area contributed by atoms with Gasteiger partial charge in [-0.05, 0) is 34.4 Å². The molecule has 0 aliphatic heterocycles. The maximum absolute atomic E-state index is 11.7. The summed E-state index contributed by atoms with van der Waals surface area (Å²) in [6.45, 7) is 15.3. The van der Waals surface area contributed by atoms with Crippen LogP contribution in [0.15, 0.2) is 18.2 Å². The maximum atomic E-state index is 11.7. The van der Waals surface area contributed by atoms with E-state index >= 15 is 0 Å². The molecule has 3 heteroatoms. The van der Waals surface area contributed by atoms with E-state index in [1.54, 1.807) is 6.92 Å². The largest absolute Gasteiger partial charge is 0.466 e. The first-order valence-corrected chi connectivity index (χ1v) is 8.02. The van der Waals surface area contributed by atoms with Gasteiger partial charge in [0.25, 0.3) is 0 Å². The molecule has 1 aromatic carbocycles. The lowest BCUT2D eigenvalue weighted by Crippen LogP contribution is -2.21. The highest BCUT2D eigenvalue weighted by molar-refractivity contribution is 5.70. The first-order chi connectivity index (χ1) is 9.95. The molecule has 124 valence electrons. The van der Waals surface area contributed by atoms with E-state index in [1.807, 2.05) is 0 Å². The Morgan fingerprint density at radius 3 is 1.86 bits per heavy atom. The molecule has 0 saturated heterocycles. The zero-order valence-corrected chi connectivity index (χ0v) is 15.1. The van der Waals surface area contributed by atoms with E-state index in [9.17, 15) is 4.79 Å². The molecule has 0 aliphatic carbocycles. The van der Waals surface area contributed by atoms with E-state index < -0.39 is 0 Å². The summed E-state index contributed by atoms with van der Waals surface area (Å²) in [7, 11) is 0. The van der Waals surface area contributed by atoms with Gasteiger partial charge in [0, 0.05) is 6.04 Å². The van der Waals surface area contributed by atoms with Crippen molar-refractivity contribution >= 4 is 5.97 Å². The van der Waals surface area contributed by atoms with Gasteiger partial charge in [-0.1, -0.05) is 59.7 Å².